The van der Waals surface area contributed by atoms with Gasteiger partial charge in [0.1, 0.15) is 5.82 Å². The van der Waals surface area contributed by atoms with Crippen molar-refractivity contribution < 1.29 is 32.2 Å². The van der Waals surface area contributed by atoms with Crippen molar-refractivity contribution in [3.8, 4) is 0 Å². The van der Waals surface area contributed by atoms with Crippen molar-refractivity contribution >= 4 is 22.0 Å². The Kier molecular flexibility index (Phi) is 7.05. The molecule has 7 nitrogen and oxygen atoms in total. The molecule has 0 aliphatic carbocycles. The fourth-order valence-electron chi connectivity index (χ4n) is 4.41. The number of methoxy groups -OCH3 is 1. The number of carboxylic acids is 1. The van der Waals surface area contributed by atoms with Crippen LogP contribution in [-0.2, 0) is 19.6 Å². The molecule has 0 unspecified atom stereocenters. The van der Waals surface area contributed by atoms with Crippen molar-refractivity contribution in [3.05, 3.63) is 113 Å². The fourth-order valence-corrected chi connectivity index (χ4v) is 6.37. The number of hydrogen-bond donors (Lipinski definition) is 1. The van der Waals surface area contributed by atoms with Crippen molar-refractivity contribution in [2.75, 3.05) is 7.11 Å². The van der Waals surface area contributed by atoms with Crippen LogP contribution in [0.3, 0.4) is 0 Å². The lowest BCUT2D eigenvalue weighted by molar-refractivity contribution is -0.133. The van der Waals surface area contributed by atoms with Gasteiger partial charge in [0.25, 0.3) is 0 Å². The van der Waals surface area contributed by atoms with Crippen LogP contribution in [0.25, 0.3) is 0 Å². The Labute approximate surface area is 208 Å². The van der Waals surface area contributed by atoms with Crippen molar-refractivity contribution in [1.82, 2.24) is 4.31 Å². The van der Waals surface area contributed by atoms with E-state index in [1.807, 2.05) is 19.1 Å². The van der Waals surface area contributed by atoms with Gasteiger partial charge in [-0.3, -0.25) is 0 Å². The summed E-state index contributed by atoms with van der Waals surface area (Å²) in [6.07, 6.45) is 1.58. The van der Waals surface area contributed by atoms with E-state index < -0.39 is 39.9 Å². The number of aliphatic carboxylic acids is 1. The topological polar surface area (TPSA) is 101 Å². The van der Waals surface area contributed by atoms with E-state index in [1.165, 1.54) is 42.5 Å². The number of carbonyl (C=O) groups is 2. The van der Waals surface area contributed by atoms with Crippen LogP contribution in [0.15, 0.2) is 89.3 Å². The second-order valence-electron chi connectivity index (χ2n) is 8.40. The van der Waals surface area contributed by atoms with Crippen LogP contribution in [0.1, 0.15) is 45.6 Å². The van der Waals surface area contributed by atoms with E-state index in [0.717, 1.165) is 29.1 Å². The van der Waals surface area contributed by atoms with Gasteiger partial charge < -0.3 is 9.84 Å². The number of esters is 1. The molecule has 3 aromatic carbocycles. The Morgan fingerprint density at radius 3 is 2.19 bits per heavy atom. The monoisotopic (exact) mass is 509 g/mol. The Balaban J connectivity index is 2.01. The number of hydrogen-bond acceptors (Lipinski definition) is 5. The first kappa shape index (κ1) is 25.3. The van der Waals surface area contributed by atoms with Crippen LogP contribution >= 0.6 is 0 Å². The molecule has 0 amide bonds. The maximum atomic E-state index is 14.3. The molecular weight excluding hydrogens is 485 g/mol. The molecule has 4 rings (SSSR count). The highest BCUT2D eigenvalue weighted by Gasteiger charge is 2.45. The molecule has 1 heterocycles. The average Bonchev–Trinajstić information content (AvgIpc) is 2.88. The summed E-state index contributed by atoms with van der Waals surface area (Å²) in [5.41, 5.74) is 1.56. The molecule has 1 aliphatic rings. The normalized spacial score (nSPS) is 18.4. The van der Waals surface area contributed by atoms with Crippen LogP contribution in [0, 0.1) is 12.7 Å². The zero-order valence-corrected chi connectivity index (χ0v) is 20.4. The third-order valence-electron chi connectivity index (χ3n) is 6.16. The second kappa shape index (κ2) is 10.0. The van der Waals surface area contributed by atoms with Gasteiger partial charge >= 0.3 is 11.9 Å². The predicted molar refractivity (Wildman–Crippen MR) is 130 cm³/mol. The van der Waals surface area contributed by atoms with E-state index >= 15 is 0 Å². The lowest BCUT2D eigenvalue weighted by atomic mass is 9.89. The van der Waals surface area contributed by atoms with Gasteiger partial charge in [-0.15, -0.1) is 0 Å². The van der Waals surface area contributed by atoms with Gasteiger partial charge in [-0.2, -0.15) is 4.31 Å². The highest BCUT2D eigenvalue weighted by molar-refractivity contribution is 7.89. The molecule has 0 bridgehead atoms. The average molecular weight is 510 g/mol. The summed E-state index contributed by atoms with van der Waals surface area (Å²) >= 11 is 0. The van der Waals surface area contributed by atoms with Crippen LogP contribution < -0.4 is 0 Å². The number of rotatable bonds is 6. The molecule has 0 saturated carbocycles. The summed E-state index contributed by atoms with van der Waals surface area (Å²) in [6, 6.07) is 15.8. The molecule has 2 atom stereocenters. The highest BCUT2D eigenvalue weighted by atomic mass is 32.2. The van der Waals surface area contributed by atoms with Crippen molar-refractivity contribution in [3.63, 3.8) is 0 Å². The number of sulfonamides is 1. The molecule has 36 heavy (non-hydrogen) atoms. The molecule has 9 heteroatoms. The number of aryl methyl sites for hydroxylation is 1. The summed E-state index contributed by atoms with van der Waals surface area (Å²) in [5, 5.41) is 10.0. The third kappa shape index (κ3) is 4.67. The zero-order valence-electron chi connectivity index (χ0n) is 19.6. The Morgan fingerprint density at radius 1 is 0.972 bits per heavy atom. The van der Waals surface area contributed by atoms with E-state index in [-0.39, 0.29) is 28.0 Å². The number of ether oxygens (including phenoxy) is 1. The van der Waals surface area contributed by atoms with E-state index in [0.29, 0.717) is 5.56 Å². The minimum Gasteiger partial charge on any atom is -0.478 e. The zero-order chi connectivity index (χ0) is 26.0. The van der Waals surface area contributed by atoms with Gasteiger partial charge in [-0.1, -0.05) is 60.2 Å². The quantitative estimate of drug-likeness (QED) is 0.479. The SMILES string of the molecule is COC(=O)c1ccccc1S(=O)(=O)N1[C@@H](c2ccc(F)cc2)C(C(=O)O)=CC[C@H]1c1ccc(C)cc1. The fraction of sp³-hybridized carbons (Fsp3) is 0.185. The molecule has 0 aromatic heterocycles. The van der Waals surface area contributed by atoms with Gasteiger partial charge in [-0.05, 0) is 48.7 Å². The van der Waals surface area contributed by atoms with Crippen molar-refractivity contribution in [1.29, 1.82) is 0 Å². The van der Waals surface area contributed by atoms with E-state index in [2.05, 4.69) is 0 Å². The van der Waals surface area contributed by atoms with Crippen LogP contribution in [0.2, 0.25) is 0 Å². The molecule has 3 aromatic rings. The summed E-state index contributed by atoms with van der Waals surface area (Å²) in [7, 11) is -3.35. The Morgan fingerprint density at radius 2 is 1.58 bits per heavy atom. The maximum absolute atomic E-state index is 14.3. The molecule has 1 N–H and O–H groups in total. The van der Waals surface area contributed by atoms with Gasteiger partial charge in [0, 0.05) is 0 Å². The summed E-state index contributed by atoms with van der Waals surface area (Å²) in [6.45, 7) is 1.90. The van der Waals surface area contributed by atoms with Crippen molar-refractivity contribution in [2.24, 2.45) is 0 Å². The van der Waals surface area contributed by atoms with Crippen LogP contribution in [0.5, 0.6) is 0 Å². The number of benzene rings is 3. The van der Waals surface area contributed by atoms with Gasteiger partial charge in [0.05, 0.1) is 35.2 Å². The first-order valence-electron chi connectivity index (χ1n) is 11.1. The van der Waals surface area contributed by atoms with E-state index in [1.54, 1.807) is 12.1 Å². The number of nitrogens with zero attached hydrogens (tertiary/aromatic N) is 1. The summed E-state index contributed by atoms with van der Waals surface area (Å²) < 4.78 is 48.3. The number of halogens is 1. The molecule has 0 spiro atoms. The Hall–Kier alpha value is -3.82. The van der Waals surface area contributed by atoms with E-state index in [4.69, 9.17) is 4.74 Å². The van der Waals surface area contributed by atoms with Crippen LogP contribution in [-0.4, -0.2) is 36.9 Å². The minimum atomic E-state index is -4.49. The third-order valence-corrected chi connectivity index (χ3v) is 8.09. The Bertz CT molecular complexity index is 1430. The maximum Gasteiger partial charge on any atom is 0.339 e. The lowest BCUT2D eigenvalue weighted by Crippen LogP contribution is -2.42. The molecule has 186 valence electrons. The number of carboxylic acid groups (broad SMARTS) is 1. The molecule has 0 saturated heterocycles. The predicted octanol–water partition coefficient (Wildman–Crippen LogP) is 4.81. The van der Waals surface area contributed by atoms with Gasteiger partial charge in [0.15, 0.2) is 0 Å². The molecule has 0 radical (unpaired) electrons. The first-order chi connectivity index (χ1) is 17.1. The number of carbonyl (C=O) groups excluding carboxylic acids is 1. The van der Waals surface area contributed by atoms with Gasteiger partial charge in [-0.25, -0.2) is 22.4 Å². The van der Waals surface area contributed by atoms with Crippen molar-refractivity contribution in [2.45, 2.75) is 30.3 Å². The summed E-state index contributed by atoms with van der Waals surface area (Å²) in [5.74, 6) is -2.69. The molecular formula is C27H24FNO6S. The second-order valence-corrected chi connectivity index (χ2v) is 10.2. The first-order valence-corrected chi connectivity index (χ1v) is 12.6. The standard InChI is InChI=1S/C27H24FNO6S/c1-17-7-9-18(10-8-17)23-16-15-22(26(30)31)25(19-11-13-20(28)14-12-19)29(23)36(33,34)24-6-4-3-5-21(24)27(32)35-2/h3-15,23,25H,16H2,1-2H3,(H,30,31)/t23-,25-/m0/s1. The molecule has 0 fully saturated rings. The smallest absolute Gasteiger partial charge is 0.339 e. The van der Waals surface area contributed by atoms with E-state index in [9.17, 15) is 27.5 Å². The highest BCUT2D eigenvalue weighted by Crippen LogP contribution is 2.46. The summed E-state index contributed by atoms with van der Waals surface area (Å²) in [4.78, 5) is 24.4. The molecule has 1 aliphatic heterocycles. The minimum absolute atomic E-state index is 0.0853. The van der Waals surface area contributed by atoms with Gasteiger partial charge in [0.2, 0.25) is 10.0 Å². The largest absolute Gasteiger partial charge is 0.478 e. The van der Waals surface area contributed by atoms with Crippen LogP contribution in [0.4, 0.5) is 4.39 Å². The lowest BCUT2D eigenvalue weighted by Gasteiger charge is -2.41.